The Balaban J connectivity index is 1.99. The van der Waals surface area contributed by atoms with E-state index >= 15 is 0 Å². The number of aromatic nitrogens is 1. The van der Waals surface area contributed by atoms with Gasteiger partial charge in [0, 0.05) is 29.1 Å². The van der Waals surface area contributed by atoms with Crippen molar-refractivity contribution >= 4 is 11.8 Å². The van der Waals surface area contributed by atoms with Crippen molar-refractivity contribution in [2.24, 2.45) is 5.73 Å². The van der Waals surface area contributed by atoms with Crippen LogP contribution in [0.2, 0.25) is 0 Å². The molecule has 1 aromatic heterocycles. The second kappa shape index (κ2) is 5.84. The van der Waals surface area contributed by atoms with Gasteiger partial charge < -0.3 is 5.73 Å². The summed E-state index contributed by atoms with van der Waals surface area (Å²) in [5.74, 6) is 0.884. The molecule has 0 aliphatic rings. The molecule has 0 aliphatic heterocycles. The number of benzene rings is 1. The first kappa shape index (κ1) is 12.1. The molecule has 88 valence electrons. The number of nitrogens with zero attached hydrogens (tertiary/aromatic N) is 1. The molecule has 2 rings (SSSR count). The SMILES string of the molecule is Cc1ccccc1C(N)CSc1ccncc1. The van der Waals surface area contributed by atoms with Crippen LogP contribution in [0.25, 0.3) is 0 Å². The van der Waals surface area contributed by atoms with E-state index < -0.39 is 0 Å². The van der Waals surface area contributed by atoms with E-state index in [0.717, 1.165) is 5.75 Å². The van der Waals surface area contributed by atoms with Gasteiger partial charge in [0.2, 0.25) is 0 Å². The van der Waals surface area contributed by atoms with E-state index in [1.807, 2.05) is 36.7 Å². The van der Waals surface area contributed by atoms with Gasteiger partial charge in [-0.05, 0) is 30.2 Å². The highest BCUT2D eigenvalue weighted by Gasteiger charge is 2.08. The van der Waals surface area contributed by atoms with E-state index in [9.17, 15) is 0 Å². The fourth-order valence-electron chi connectivity index (χ4n) is 1.71. The molecule has 0 saturated heterocycles. The molecule has 0 aliphatic carbocycles. The van der Waals surface area contributed by atoms with Crippen LogP contribution in [0.3, 0.4) is 0 Å². The Hall–Kier alpha value is -1.32. The normalized spacial score (nSPS) is 12.4. The minimum Gasteiger partial charge on any atom is -0.323 e. The molecule has 2 nitrogen and oxygen atoms in total. The van der Waals surface area contributed by atoms with Gasteiger partial charge in [-0.15, -0.1) is 11.8 Å². The van der Waals surface area contributed by atoms with Crippen LogP contribution in [0.5, 0.6) is 0 Å². The summed E-state index contributed by atoms with van der Waals surface area (Å²) in [4.78, 5) is 5.21. The van der Waals surface area contributed by atoms with Crippen LogP contribution in [0, 0.1) is 6.92 Å². The fraction of sp³-hybridized carbons (Fsp3) is 0.214. The molecule has 1 aromatic carbocycles. The van der Waals surface area contributed by atoms with Crippen molar-refractivity contribution in [3.05, 3.63) is 59.9 Å². The summed E-state index contributed by atoms with van der Waals surface area (Å²) in [5.41, 5.74) is 8.70. The van der Waals surface area contributed by atoms with Gasteiger partial charge in [0.15, 0.2) is 0 Å². The number of aryl methyl sites for hydroxylation is 1. The van der Waals surface area contributed by atoms with E-state index in [1.54, 1.807) is 11.8 Å². The third-order valence-electron chi connectivity index (χ3n) is 2.67. The van der Waals surface area contributed by atoms with Gasteiger partial charge in [0.1, 0.15) is 0 Å². The molecule has 1 atom stereocenters. The molecule has 0 saturated carbocycles. The number of pyridine rings is 1. The largest absolute Gasteiger partial charge is 0.323 e. The van der Waals surface area contributed by atoms with Crippen molar-refractivity contribution in [2.75, 3.05) is 5.75 Å². The predicted molar refractivity (Wildman–Crippen MR) is 73.1 cm³/mol. The van der Waals surface area contributed by atoms with Crippen molar-refractivity contribution in [2.45, 2.75) is 17.9 Å². The van der Waals surface area contributed by atoms with Crippen LogP contribution in [-0.4, -0.2) is 10.7 Å². The average Bonchev–Trinajstić information content (AvgIpc) is 2.38. The topological polar surface area (TPSA) is 38.9 Å². The first-order chi connectivity index (χ1) is 8.27. The smallest absolute Gasteiger partial charge is 0.0392 e. The van der Waals surface area contributed by atoms with Crippen molar-refractivity contribution in [3.63, 3.8) is 0 Å². The summed E-state index contributed by atoms with van der Waals surface area (Å²) in [6.07, 6.45) is 3.61. The molecule has 3 heteroatoms. The van der Waals surface area contributed by atoms with E-state index in [0.29, 0.717) is 0 Å². The zero-order chi connectivity index (χ0) is 12.1. The maximum atomic E-state index is 6.21. The molecule has 2 aromatic rings. The zero-order valence-corrected chi connectivity index (χ0v) is 10.7. The van der Waals surface area contributed by atoms with Gasteiger partial charge in [0.05, 0.1) is 0 Å². The van der Waals surface area contributed by atoms with E-state index in [2.05, 4.69) is 24.0 Å². The van der Waals surface area contributed by atoms with Crippen molar-refractivity contribution in [1.29, 1.82) is 0 Å². The lowest BCUT2D eigenvalue weighted by molar-refractivity contribution is 0.822. The highest BCUT2D eigenvalue weighted by Crippen LogP contribution is 2.24. The summed E-state index contributed by atoms with van der Waals surface area (Å²) in [7, 11) is 0. The molecule has 0 amide bonds. The Morgan fingerprint density at radius 3 is 2.59 bits per heavy atom. The van der Waals surface area contributed by atoms with E-state index in [-0.39, 0.29) is 6.04 Å². The Morgan fingerprint density at radius 1 is 1.18 bits per heavy atom. The second-order valence-electron chi connectivity index (χ2n) is 3.96. The Labute approximate surface area is 106 Å². The number of hydrogen-bond acceptors (Lipinski definition) is 3. The maximum Gasteiger partial charge on any atom is 0.0392 e. The maximum absolute atomic E-state index is 6.21. The van der Waals surface area contributed by atoms with Crippen molar-refractivity contribution < 1.29 is 0 Å². The molecular weight excluding hydrogens is 228 g/mol. The first-order valence-electron chi connectivity index (χ1n) is 5.61. The highest BCUT2D eigenvalue weighted by molar-refractivity contribution is 7.99. The number of nitrogens with two attached hydrogens (primary N) is 1. The molecule has 0 radical (unpaired) electrons. The van der Waals surface area contributed by atoms with Crippen LogP contribution < -0.4 is 5.73 Å². The van der Waals surface area contributed by atoms with Crippen molar-refractivity contribution in [1.82, 2.24) is 4.98 Å². The summed E-state index contributed by atoms with van der Waals surface area (Å²) in [5, 5.41) is 0. The molecule has 1 unspecified atom stereocenters. The highest BCUT2D eigenvalue weighted by atomic mass is 32.2. The van der Waals surface area contributed by atoms with Gasteiger partial charge in [-0.3, -0.25) is 4.98 Å². The standard InChI is InChI=1S/C14H16N2S/c1-11-4-2-3-5-13(11)14(15)10-17-12-6-8-16-9-7-12/h2-9,14H,10,15H2,1H3. The van der Waals surface area contributed by atoms with Gasteiger partial charge in [-0.25, -0.2) is 0 Å². The zero-order valence-electron chi connectivity index (χ0n) is 9.84. The van der Waals surface area contributed by atoms with Crippen molar-refractivity contribution in [3.8, 4) is 0 Å². The minimum atomic E-state index is 0.0781. The quantitative estimate of drug-likeness (QED) is 0.840. The Bertz CT molecular complexity index is 471. The fourth-order valence-corrected chi connectivity index (χ4v) is 2.58. The molecule has 0 spiro atoms. The summed E-state index contributed by atoms with van der Waals surface area (Å²) in [6, 6.07) is 12.4. The lowest BCUT2D eigenvalue weighted by Crippen LogP contribution is -2.14. The van der Waals surface area contributed by atoms with Crippen LogP contribution in [0.1, 0.15) is 17.2 Å². The molecule has 1 heterocycles. The van der Waals surface area contributed by atoms with E-state index in [1.165, 1.54) is 16.0 Å². The van der Waals surface area contributed by atoms with E-state index in [4.69, 9.17) is 5.73 Å². The summed E-state index contributed by atoms with van der Waals surface area (Å²) in [6.45, 7) is 2.10. The molecular formula is C14H16N2S. The predicted octanol–water partition coefficient (Wildman–Crippen LogP) is 3.18. The summed E-state index contributed by atoms with van der Waals surface area (Å²) >= 11 is 1.77. The summed E-state index contributed by atoms with van der Waals surface area (Å²) < 4.78 is 0. The van der Waals surface area contributed by atoms with Gasteiger partial charge in [-0.1, -0.05) is 24.3 Å². The third kappa shape index (κ3) is 3.32. The Morgan fingerprint density at radius 2 is 1.88 bits per heavy atom. The van der Waals surface area contributed by atoms with Crippen LogP contribution in [-0.2, 0) is 0 Å². The minimum absolute atomic E-state index is 0.0781. The lowest BCUT2D eigenvalue weighted by Gasteiger charge is -2.14. The third-order valence-corrected chi connectivity index (χ3v) is 3.80. The molecule has 2 N–H and O–H groups in total. The monoisotopic (exact) mass is 244 g/mol. The number of hydrogen-bond donors (Lipinski definition) is 1. The molecule has 0 fully saturated rings. The first-order valence-corrected chi connectivity index (χ1v) is 6.60. The second-order valence-corrected chi connectivity index (χ2v) is 5.05. The lowest BCUT2D eigenvalue weighted by atomic mass is 10.0. The Kier molecular flexibility index (Phi) is 4.18. The van der Waals surface area contributed by atoms with Gasteiger partial charge in [0.25, 0.3) is 0 Å². The number of thioether (sulfide) groups is 1. The van der Waals surface area contributed by atoms with Gasteiger partial charge in [-0.2, -0.15) is 0 Å². The van der Waals surface area contributed by atoms with Gasteiger partial charge >= 0.3 is 0 Å². The van der Waals surface area contributed by atoms with Crippen LogP contribution in [0.15, 0.2) is 53.7 Å². The van der Waals surface area contributed by atoms with Crippen LogP contribution >= 0.6 is 11.8 Å². The number of rotatable bonds is 4. The van der Waals surface area contributed by atoms with Crippen LogP contribution in [0.4, 0.5) is 0 Å². The average molecular weight is 244 g/mol. The molecule has 17 heavy (non-hydrogen) atoms. The molecule has 0 bridgehead atoms.